The Bertz CT molecular complexity index is 441. The molecule has 2 rings (SSSR count). The van der Waals surface area contributed by atoms with Crippen molar-refractivity contribution in [3.63, 3.8) is 0 Å². The van der Waals surface area contributed by atoms with Crippen LogP contribution in [0, 0.1) is 5.92 Å². The van der Waals surface area contributed by atoms with E-state index in [1.54, 1.807) is 0 Å². The number of rotatable bonds is 3. The molecule has 19 heavy (non-hydrogen) atoms. The number of carbonyl (C=O) groups is 1. The molecule has 0 bridgehead atoms. The van der Waals surface area contributed by atoms with Gasteiger partial charge in [0.15, 0.2) is 0 Å². The highest BCUT2D eigenvalue weighted by atomic mass is 16.3. The predicted octanol–water partition coefficient (Wildman–Crippen LogP) is 1.38. The van der Waals surface area contributed by atoms with Crippen LogP contribution in [0.5, 0.6) is 11.5 Å². The van der Waals surface area contributed by atoms with Crippen LogP contribution in [0.15, 0.2) is 18.2 Å². The molecule has 104 valence electrons. The Labute approximate surface area is 111 Å². The highest BCUT2D eigenvalue weighted by molar-refractivity contribution is 5.95. The molecule has 4 N–H and O–H groups in total. The highest BCUT2D eigenvalue weighted by Gasteiger charge is 2.26. The van der Waals surface area contributed by atoms with Gasteiger partial charge in [0, 0.05) is 30.2 Å². The van der Waals surface area contributed by atoms with Crippen LogP contribution in [-0.4, -0.2) is 33.9 Å². The van der Waals surface area contributed by atoms with Crippen molar-refractivity contribution in [1.29, 1.82) is 0 Å². The lowest BCUT2D eigenvalue weighted by molar-refractivity contribution is 0.0872. The molecule has 0 heterocycles. The average molecular weight is 265 g/mol. The number of aliphatic hydroxyl groups excluding tert-OH is 1. The molecular weight excluding hydrogens is 246 g/mol. The van der Waals surface area contributed by atoms with Gasteiger partial charge in [-0.2, -0.15) is 0 Å². The molecule has 0 spiro atoms. The minimum absolute atomic E-state index is 0.0456. The molecule has 1 fully saturated rings. The first-order chi connectivity index (χ1) is 9.10. The Kier molecular flexibility index (Phi) is 4.27. The first kappa shape index (κ1) is 13.7. The van der Waals surface area contributed by atoms with Gasteiger partial charge < -0.3 is 20.6 Å². The first-order valence-electron chi connectivity index (χ1n) is 6.55. The van der Waals surface area contributed by atoms with E-state index in [2.05, 4.69) is 5.32 Å². The lowest BCUT2D eigenvalue weighted by Gasteiger charge is -2.30. The van der Waals surface area contributed by atoms with Crippen LogP contribution in [-0.2, 0) is 0 Å². The standard InChI is InChI=1S/C14H19NO4/c16-8-9-3-1-2-4-13(9)15-14(19)10-5-11(17)7-12(18)6-10/h5-7,9,13,16-18H,1-4,8H2,(H,15,19). The zero-order valence-corrected chi connectivity index (χ0v) is 10.7. The monoisotopic (exact) mass is 265 g/mol. The summed E-state index contributed by atoms with van der Waals surface area (Å²) in [4.78, 5) is 12.1. The molecule has 0 saturated heterocycles. The number of phenols is 2. The van der Waals surface area contributed by atoms with Gasteiger partial charge in [0.25, 0.3) is 5.91 Å². The summed E-state index contributed by atoms with van der Waals surface area (Å²) in [6.07, 6.45) is 3.87. The second-order valence-electron chi connectivity index (χ2n) is 5.05. The van der Waals surface area contributed by atoms with Crippen LogP contribution in [0.2, 0.25) is 0 Å². The Morgan fingerprint density at radius 2 is 1.79 bits per heavy atom. The number of carbonyl (C=O) groups excluding carboxylic acids is 1. The van der Waals surface area contributed by atoms with Gasteiger partial charge >= 0.3 is 0 Å². The van der Waals surface area contributed by atoms with Gasteiger partial charge in [-0.25, -0.2) is 0 Å². The van der Waals surface area contributed by atoms with Gasteiger partial charge in [-0.15, -0.1) is 0 Å². The fraction of sp³-hybridized carbons (Fsp3) is 0.500. The zero-order valence-electron chi connectivity index (χ0n) is 10.7. The Hall–Kier alpha value is -1.75. The maximum absolute atomic E-state index is 12.1. The van der Waals surface area contributed by atoms with Gasteiger partial charge in [0.05, 0.1) is 0 Å². The van der Waals surface area contributed by atoms with E-state index in [4.69, 9.17) is 0 Å². The van der Waals surface area contributed by atoms with E-state index >= 15 is 0 Å². The average Bonchev–Trinajstić information content (AvgIpc) is 2.38. The van der Waals surface area contributed by atoms with Crippen LogP contribution in [0.1, 0.15) is 36.0 Å². The van der Waals surface area contributed by atoms with E-state index in [1.165, 1.54) is 18.2 Å². The molecule has 1 aromatic carbocycles. The van der Waals surface area contributed by atoms with Crippen LogP contribution < -0.4 is 5.32 Å². The summed E-state index contributed by atoms with van der Waals surface area (Å²) in [5.41, 5.74) is 0.222. The van der Waals surface area contributed by atoms with Gasteiger partial charge in [0.2, 0.25) is 0 Å². The number of hydrogen-bond donors (Lipinski definition) is 4. The summed E-state index contributed by atoms with van der Waals surface area (Å²) in [5.74, 6) is -0.542. The first-order valence-corrected chi connectivity index (χ1v) is 6.55. The van der Waals surface area contributed by atoms with E-state index in [-0.39, 0.29) is 41.5 Å². The fourth-order valence-electron chi connectivity index (χ4n) is 2.59. The van der Waals surface area contributed by atoms with Gasteiger partial charge in [0.1, 0.15) is 11.5 Å². The molecule has 5 nitrogen and oxygen atoms in total. The number of amides is 1. The van der Waals surface area contributed by atoms with Crippen molar-refractivity contribution in [2.75, 3.05) is 6.61 Å². The van der Waals surface area contributed by atoms with Crippen molar-refractivity contribution in [3.05, 3.63) is 23.8 Å². The van der Waals surface area contributed by atoms with Crippen molar-refractivity contribution < 1.29 is 20.1 Å². The van der Waals surface area contributed by atoms with Crippen molar-refractivity contribution in [3.8, 4) is 11.5 Å². The summed E-state index contributed by atoms with van der Waals surface area (Å²) in [6.45, 7) is 0.0657. The largest absolute Gasteiger partial charge is 0.508 e. The Morgan fingerprint density at radius 3 is 2.42 bits per heavy atom. The summed E-state index contributed by atoms with van der Waals surface area (Å²) in [6, 6.07) is 3.75. The SMILES string of the molecule is O=C(NC1CCCCC1CO)c1cc(O)cc(O)c1. The van der Waals surface area contributed by atoms with Crippen LogP contribution >= 0.6 is 0 Å². The molecule has 0 aliphatic heterocycles. The quantitative estimate of drug-likeness (QED) is 0.664. The fourth-order valence-corrected chi connectivity index (χ4v) is 2.59. The number of aliphatic hydroxyl groups is 1. The van der Waals surface area contributed by atoms with Gasteiger partial charge in [-0.3, -0.25) is 4.79 Å². The molecule has 2 atom stereocenters. The molecule has 5 heteroatoms. The summed E-state index contributed by atoms with van der Waals surface area (Å²) in [7, 11) is 0. The number of benzene rings is 1. The molecule has 1 amide bonds. The zero-order chi connectivity index (χ0) is 13.8. The number of phenolic OH excluding ortho intramolecular Hbond substituents is 2. The molecular formula is C14H19NO4. The minimum Gasteiger partial charge on any atom is -0.508 e. The molecule has 1 aliphatic carbocycles. The predicted molar refractivity (Wildman–Crippen MR) is 70.1 cm³/mol. The third kappa shape index (κ3) is 3.38. The second-order valence-corrected chi connectivity index (χ2v) is 5.05. The van der Waals surface area contributed by atoms with Gasteiger partial charge in [-0.1, -0.05) is 12.8 Å². The van der Waals surface area contributed by atoms with Crippen molar-refractivity contribution in [1.82, 2.24) is 5.32 Å². The Balaban J connectivity index is 2.07. The molecule has 0 aromatic heterocycles. The summed E-state index contributed by atoms with van der Waals surface area (Å²) < 4.78 is 0. The van der Waals surface area contributed by atoms with Crippen molar-refractivity contribution >= 4 is 5.91 Å². The maximum atomic E-state index is 12.1. The molecule has 1 aromatic rings. The lowest BCUT2D eigenvalue weighted by atomic mass is 9.85. The lowest BCUT2D eigenvalue weighted by Crippen LogP contribution is -2.43. The van der Waals surface area contributed by atoms with Crippen LogP contribution in [0.3, 0.4) is 0 Å². The summed E-state index contributed by atoms with van der Waals surface area (Å²) >= 11 is 0. The van der Waals surface area contributed by atoms with Gasteiger partial charge in [-0.05, 0) is 25.0 Å². The topological polar surface area (TPSA) is 89.8 Å². The van der Waals surface area contributed by atoms with E-state index < -0.39 is 0 Å². The van der Waals surface area contributed by atoms with Crippen molar-refractivity contribution in [2.24, 2.45) is 5.92 Å². The third-order valence-corrected chi connectivity index (χ3v) is 3.62. The molecule has 1 aliphatic rings. The van der Waals surface area contributed by atoms with E-state index in [1.807, 2.05) is 0 Å². The molecule has 1 saturated carbocycles. The van der Waals surface area contributed by atoms with Crippen LogP contribution in [0.25, 0.3) is 0 Å². The molecule has 2 unspecified atom stereocenters. The van der Waals surface area contributed by atoms with E-state index in [0.29, 0.717) is 0 Å². The molecule has 0 radical (unpaired) electrons. The highest BCUT2D eigenvalue weighted by Crippen LogP contribution is 2.25. The Morgan fingerprint density at radius 1 is 1.16 bits per heavy atom. The maximum Gasteiger partial charge on any atom is 0.251 e. The number of nitrogens with one attached hydrogen (secondary N) is 1. The second kappa shape index (κ2) is 5.93. The smallest absolute Gasteiger partial charge is 0.251 e. The van der Waals surface area contributed by atoms with Crippen molar-refractivity contribution in [2.45, 2.75) is 31.7 Å². The van der Waals surface area contributed by atoms with E-state index in [0.717, 1.165) is 25.7 Å². The number of hydrogen-bond acceptors (Lipinski definition) is 4. The minimum atomic E-state index is -0.337. The normalized spacial score (nSPS) is 23.0. The third-order valence-electron chi connectivity index (χ3n) is 3.62. The number of aromatic hydroxyl groups is 2. The van der Waals surface area contributed by atoms with Crippen LogP contribution in [0.4, 0.5) is 0 Å². The summed E-state index contributed by atoms with van der Waals surface area (Å²) in [5, 5.41) is 30.9. The van der Waals surface area contributed by atoms with E-state index in [9.17, 15) is 20.1 Å².